The molecule has 1 atom stereocenters. The normalized spacial score (nSPS) is 16.5. The number of amides is 1. The van der Waals surface area contributed by atoms with Crippen molar-refractivity contribution in [2.45, 2.75) is 39.7 Å². The molecule has 3 heterocycles. The minimum atomic E-state index is -0.0185. The third-order valence-corrected chi connectivity index (χ3v) is 6.05. The summed E-state index contributed by atoms with van der Waals surface area (Å²) in [6.07, 6.45) is 4.15. The SMILES string of the molecule is Cc1noc(C)c1-c1nc2c(s1)CCC(C(=O)N(C)Cc1ccn[nH]1)C2. The Morgan fingerprint density at radius 1 is 1.46 bits per heavy atom. The number of carbonyl (C=O) groups excluding carboxylic acids is 1. The first-order chi connectivity index (χ1) is 12.5. The van der Waals surface area contributed by atoms with E-state index in [1.54, 1.807) is 22.4 Å². The quantitative estimate of drug-likeness (QED) is 0.762. The number of hydrogen-bond donors (Lipinski definition) is 1. The number of thiazole rings is 1. The van der Waals surface area contributed by atoms with Crippen molar-refractivity contribution in [2.75, 3.05) is 7.05 Å². The smallest absolute Gasteiger partial charge is 0.226 e. The fourth-order valence-corrected chi connectivity index (χ4v) is 4.75. The van der Waals surface area contributed by atoms with Crippen molar-refractivity contribution >= 4 is 17.2 Å². The molecule has 0 bridgehead atoms. The molecule has 1 amide bonds. The number of aromatic nitrogens is 4. The molecule has 0 aromatic carbocycles. The summed E-state index contributed by atoms with van der Waals surface area (Å²) in [4.78, 5) is 20.7. The molecule has 0 spiro atoms. The molecule has 1 aliphatic carbocycles. The minimum Gasteiger partial charge on any atom is -0.361 e. The number of aryl methyl sites for hydroxylation is 3. The minimum absolute atomic E-state index is 0.0185. The maximum atomic E-state index is 12.8. The zero-order valence-corrected chi connectivity index (χ0v) is 15.9. The Kier molecular flexibility index (Phi) is 4.36. The van der Waals surface area contributed by atoms with Crippen LogP contribution in [-0.2, 0) is 24.2 Å². The van der Waals surface area contributed by atoms with Crippen LogP contribution in [0.4, 0.5) is 0 Å². The van der Waals surface area contributed by atoms with Gasteiger partial charge in [-0.25, -0.2) is 4.98 Å². The zero-order valence-electron chi connectivity index (χ0n) is 15.1. The van der Waals surface area contributed by atoms with Gasteiger partial charge in [-0.3, -0.25) is 9.89 Å². The van der Waals surface area contributed by atoms with E-state index in [2.05, 4.69) is 15.4 Å². The van der Waals surface area contributed by atoms with Gasteiger partial charge < -0.3 is 9.42 Å². The molecule has 4 rings (SSSR count). The molecule has 136 valence electrons. The lowest BCUT2D eigenvalue weighted by Gasteiger charge is -2.25. The van der Waals surface area contributed by atoms with E-state index in [9.17, 15) is 4.79 Å². The van der Waals surface area contributed by atoms with E-state index < -0.39 is 0 Å². The Morgan fingerprint density at radius 2 is 2.31 bits per heavy atom. The molecule has 8 heteroatoms. The van der Waals surface area contributed by atoms with Crippen LogP contribution in [0.15, 0.2) is 16.8 Å². The number of hydrogen-bond acceptors (Lipinski definition) is 6. The van der Waals surface area contributed by atoms with E-state index in [4.69, 9.17) is 9.51 Å². The predicted octanol–water partition coefficient (Wildman–Crippen LogP) is 2.90. The number of rotatable bonds is 4. The second-order valence-electron chi connectivity index (χ2n) is 6.80. The average Bonchev–Trinajstić information content (AvgIpc) is 3.34. The van der Waals surface area contributed by atoms with E-state index in [1.807, 2.05) is 27.0 Å². The van der Waals surface area contributed by atoms with Gasteiger partial charge >= 0.3 is 0 Å². The number of nitrogens with zero attached hydrogens (tertiary/aromatic N) is 4. The van der Waals surface area contributed by atoms with Gasteiger partial charge in [-0.2, -0.15) is 5.10 Å². The van der Waals surface area contributed by atoms with Crippen LogP contribution < -0.4 is 0 Å². The predicted molar refractivity (Wildman–Crippen MR) is 97.7 cm³/mol. The highest BCUT2D eigenvalue weighted by Gasteiger charge is 2.30. The molecule has 0 fully saturated rings. The van der Waals surface area contributed by atoms with Crippen LogP contribution in [0.25, 0.3) is 10.6 Å². The van der Waals surface area contributed by atoms with Gasteiger partial charge in [0.05, 0.1) is 29.2 Å². The highest BCUT2D eigenvalue weighted by Crippen LogP contribution is 2.37. The second kappa shape index (κ2) is 6.68. The van der Waals surface area contributed by atoms with Gasteiger partial charge in [-0.05, 0) is 32.8 Å². The highest BCUT2D eigenvalue weighted by molar-refractivity contribution is 7.15. The Balaban J connectivity index is 1.50. The average molecular weight is 371 g/mol. The fourth-order valence-electron chi connectivity index (χ4n) is 3.50. The number of H-pyrrole nitrogens is 1. The molecule has 3 aromatic rings. The molecule has 0 saturated carbocycles. The molecular formula is C18H21N5O2S. The molecule has 26 heavy (non-hydrogen) atoms. The highest BCUT2D eigenvalue weighted by atomic mass is 32.1. The summed E-state index contributed by atoms with van der Waals surface area (Å²) >= 11 is 1.70. The molecule has 1 aliphatic rings. The van der Waals surface area contributed by atoms with Crippen molar-refractivity contribution in [2.24, 2.45) is 5.92 Å². The Bertz CT molecular complexity index is 908. The lowest BCUT2D eigenvalue weighted by molar-refractivity contribution is -0.135. The maximum absolute atomic E-state index is 12.8. The van der Waals surface area contributed by atoms with Gasteiger partial charge in [0.1, 0.15) is 10.8 Å². The lowest BCUT2D eigenvalue weighted by atomic mass is 9.90. The van der Waals surface area contributed by atoms with Gasteiger partial charge in [0.2, 0.25) is 5.91 Å². The van der Waals surface area contributed by atoms with Crippen LogP contribution in [0.1, 0.15) is 34.1 Å². The van der Waals surface area contributed by atoms with Crippen LogP contribution in [0.2, 0.25) is 0 Å². The number of carbonyl (C=O) groups is 1. The Morgan fingerprint density at radius 3 is 3.00 bits per heavy atom. The molecule has 0 saturated heterocycles. The first-order valence-corrected chi connectivity index (χ1v) is 9.49. The van der Waals surface area contributed by atoms with Gasteiger partial charge in [0, 0.05) is 30.5 Å². The molecule has 7 nitrogen and oxygen atoms in total. The van der Waals surface area contributed by atoms with Crippen LogP contribution in [0.3, 0.4) is 0 Å². The maximum Gasteiger partial charge on any atom is 0.226 e. The summed E-state index contributed by atoms with van der Waals surface area (Å²) in [6.45, 7) is 4.39. The summed E-state index contributed by atoms with van der Waals surface area (Å²) in [5.74, 6) is 0.938. The molecule has 1 unspecified atom stereocenters. The molecular weight excluding hydrogens is 350 g/mol. The summed E-state index contributed by atoms with van der Waals surface area (Å²) in [7, 11) is 1.84. The standard InChI is InChI=1S/C18H21N5O2S/c1-10-16(11(2)25-22-10)17-20-14-8-12(4-5-15(14)26-17)18(24)23(3)9-13-6-7-19-21-13/h6-7,12H,4-5,8-9H2,1-3H3,(H,19,21). The van der Waals surface area contributed by atoms with E-state index in [0.29, 0.717) is 13.0 Å². The third kappa shape index (κ3) is 3.05. The molecule has 0 aliphatic heterocycles. The van der Waals surface area contributed by atoms with E-state index in [-0.39, 0.29) is 11.8 Å². The van der Waals surface area contributed by atoms with Gasteiger partial charge in [-0.1, -0.05) is 5.16 Å². The largest absolute Gasteiger partial charge is 0.361 e. The summed E-state index contributed by atoms with van der Waals surface area (Å²) < 4.78 is 5.27. The van der Waals surface area contributed by atoms with Crippen LogP contribution in [0.5, 0.6) is 0 Å². The zero-order chi connectivity index (χ0) is 18.3. The van der Waals surface area contributed by atoms with Crippen molar-refractivity contribution in [3.63, 3.8) is 0 Å². The van der Waals surface area contributed by atoms with Crippen LogP contribution in [-0.4, -0.2) is 38.2 Å². The topological polar surface area (TPSA) is 87.9 Å². The van der Waals surface area contributed by atoms with Crippen molar-refractivity contribution in [1.82, 2.24) is 25.2 Å². The molecule has 1 N–H and O–H groups in total. The van der Waals surface area contributed by atoms with Crippen LogP contribution in [0, 0.1) is 19.8 Å². The van der Waals surface area contributed by atoms with Crippen molar-refractivity contribution in [3.05, 3.63) is 40.0 Å². The van der Waals surface area contributed by atoms with Crippen molar-refractivity contribution < 1.29 is 9.32 Å². The first kappa shape index (κ1) is 17.0. The third-order valence-electron chi connectivity index (χ3n) is 4.88. The Labute approximate surface area is 155 Å². The Hall–Kier alpha value is -2.48. The van der Waals surface area contributed by atoms with Crippen molar-refractivity contribution in [3.8, 4) is 10.6 Å². The van der Waals surface area contributed by atoms with Gasteiger partial charge in [0.25, 0.3) is 0 Å². The van der Waals surface area contributed by atoms with E-state index in [0.717, 1.165) is 46.3 Å². The number of nitrogens with one attached hydrogen (secondary N) is 1. The summed E-state index contributed by atoms with van der Waals surface area (Å²) in [5.41, 5.74) is 3.83. The first-order valence-electron chi connectivity index (χ1n) is 8.68. The number of aromatic amines is 1. The fraction of sp³-hybridized carbons (Fsp3) is 0.444. The molecule has 3 aromatic heterocycles. The van der Waals surface area contributed by atoms with Gasteiger partial charge in [-0.15, -0.1) is 11.3 Å². The lowest BCUT2D eigenvalue weighted by Crippen LogP contribution is -2.35. The van der Waals surface area contributed by atoms with E-state index in [1.165, 1.54) is 4.88 Å². The summed E-state index contributed by atoms with van der Waals surface area (Å²) in [5, 5.41) is 11.8. The molecule has 0 radical (unpaired) electrons. The van der Waals surface area contributed by atoms with Crippen molar-refractivity contribution in [1.29, 1.82) is 0 Å². The van der Waals surface area contributed by atoms with Gasteiger partial charge in [0.15, 0.2) is 0 Å². The van der Waals surface area contributed by atoms with E-state index >= 15 is 0 Å². The monoisotopic (exact) mass is 371 g/mol. The number of fused-ring (bicyclic) bond motifs is 1. The van der Waals surface area contributed by atoms with Crippen LogP contribution >= 0.6 is 11.3 Å². The second-order valence-corrected chi connectivity index (χ2v) is 7.89. The summed E-state index contributed by atoms with van der Waals surface area (Å²) in [6, 6.07) is 1.89.